The average Bonchev–Trinajstić information content (AvgIpc) is 2.75. The molecule has 0 amide bonds. The molecule has 1 aliphatic rings. The number of rotatable bonds is 3. The molecule has 0 radical (unpaired) electrons. The van der Waals surface area contributed by atoms with Gasteiger partial charge in [-0.05, 0) is 31.5 Å². The zero-order valence-electron chi connectivity index (χ0n) is 9.49. The van der Waals surface area contributed by atoms with Crippen LogP contribution in [0.15, 0.2) is 22.8 Å². The van der Waals surface area contributed by atoms with Crippen LogP contribution in [0.4, 0.5) is 0 Å². The Morgan fingerprint density at radius 2 is 2.31 bits per heavy atom. The maximum Gasteiger partial charge on any atom is 0.160 e. The SMILES string of the molecule is CCNC1(c2ccco2)CCCCC1=O.Cl. The number of carbonyl (C=O) groups excluding carboxylic acids is 1. The van der Waals surface area contributed by atoms with Crippen LogP contribution in [-0.4, -0.2) is 12.3 Å². The Kier molecular flexibility index (Phi) is 4.56. The number of hydrogen-bond donors (Lipinski definition) is 1. The molecular weight excluding hydrogens is 226 g/mol. The smallest absolute Gasteiger partial charge is 0.160 e. The van der Waals surface area contributed by atoms with Crippen LogP contribution in [0.1, 0.15) is 38.4 Å². The van der Waals surface area contributed by atoms with E-state index < -0.39 is 5.54 Å². The van der Waals surface area contributed by atoms with Crippen LogP contribution in [0.2, 0.25) is 0 Å². The van der Waals surface area contributed by atoms with Gasteiger partial charge >= 0.3 is 0 Å². The molecule has 1 N–H and O–H groups in total. The fraction of sp³-hybridized carbons (Fsp3) is 0.583. The second-order valence-corrected chi connectivity index (χ2v) is 4.04. The van der Waals surface area contributed by atoms with Crippen LogP contribution < -0.4 is 5.32 Å². The van der Waals surface area contributed by atoms with Gasteiger partial charge in [0.2, 0.25) is 0 Å². The summed E-state index contributed by atoms with van der Waals surface area (Å²) in [6.07, 6.45) is 5.24. The molecule has 1 fully saturated rings. The van der Waals surface area contributed by atoms with Gasteiger partial charge in [0.05, 0.1) is 6.26 Å². The number of carbonyl (C=O) groups is 1. The highest BCUT2D eigenvalue weighted by molar-refractivity contribution is 5.89. The quantitative estimate of drug-likeness (QED) is 0.888. The molecule has 16 heavy (non-hydrogen) atoms. The first-order valence-corrected chi connectivity index (χ1v) is 5.62. The second kappa shape index (κ2) is 5.51. The topological polar surface area (TPSA) is 42.2 Å². The van der Waals surface area contributed by atoms with Gasteiger partial charge < -0.3 is 4.42 Å². The van der Waals surface area contributed by atoms with E-state index in [4.69, 9.17) is 4.42 Å². The molecule has 4 heteroatoms. The third-order valence-corrected chi connectivity index (χ3v) is 3.10. The molecule has 90 valence electrons. The van der Waals surface area contributed by atoms with Gasteiger partial charge in [-0.1, -0.05) is 13.3 Å². The molecule has 1 aromatic heterocycles. The van der Waals surface area contributed by atoms with Crippen molar-refractivity contribution in [1.29, 1.82) is 0 Å². The molecule has 3 nitrogen and oxygen atoms in total. The summed E-state index contributed by atoms with van der Waals surface area (Å²) in [5.41, 5.74) is -0.545. The maximum atomic E-state index is 12.1. The average molecular weight is 244 g/mol. The van der Waals surface area contributed by atoms with Gasteiger partial charge in [-0.15, -0.1) is 12.4 Å². The first-order valence-electron chi connectivity index (χ1n) is 5.62. The van der Waals surface area contributed by atoms with Crippen LogP contribution >= 0.6 is 12.4 Å². The lowest BCUT2D eigenvalue weighted by Gasteiger charge is -2.34. The number of likely N-dealkylation sites (N-methyl/N-ethyl adjacent to an activating group) is 1. The summed E-state index contributed by atoms with van der Waals surface area (Å²) in [6, 6.07) is 3.74. The van der Waals surface area contributed by atoms with Gasteiger partial charge in [-0.3, -0.25) is 10.1 Å². The molecule has 0 bridgehead atoms. The van der Waals surface area contributed by atoms with Crippen LogP contribution in [-0.2, 0) is 10.3 Å². The number of ketones is 1. The van der Waals surface area contributed by atoms with Gasteiger partial charge in [0.15, 0.2) is 5.78 Å². The molecule has 2 rings (SSSR count). The first-order chi connectivity index (χ1) is 7.29. The van der Waals surface area contributed by atoms with Gasteiger partial charge in [-0.25, -0.2) is 0 Å². The number of nitrogens with one attached hydrogen (secondary N) is 1. The fourth-order valence-corrected chi connectivity index (χ4v) is 2.39. The van der Waals surface area contributed by atoms with Crippen molar-refractivity contribution in [3.63, 3.8) is 0 Å². The maximum absolute atomic E-state index is 12.1. The third kappa shape index (κ3) is 2.15. The number of hydrogen-bond acceptors (Lipinski definition) is 3. The number of furan rings is 1. The summed E-state index contributed by atoms with van der Waals surface area (Å²) >= 11 is 0. The van der Waals surface area contributed by atoms with Gasteiger partial charge in [-0.2, -0.15) is 0 Å². The molecule has 1 saturated carbocycles. The minimum Gasteiger partial charge on any atom is -0.467 e. The van der Waals surface area contributed by atoms with Crippen LogP contribution in [0.3, 0.4) is 0 Å². The lowest BCUT2D eigenvalue weighted by molar-refractivity contribution is -0.128. The van der Waals surface area contributed by atoms with Crippen LogP contribution in [0, 0.1) is 0 Å². The molecule has 0 saturated heterocycles. The van der Waals surface area contributed by atoms with Crippen molar-refractivity contribution >= 4 is 18.2 Å². The first kappa shape index (κ1) is 13.3. The molecule has 1 unspecified atom stereocenters. The van der Waals surface area contributed by atoms with Crippen LogP contribution in [0.25, 0.3) is 0 Å². The van der Waals surface area contributed by atoms with E-state index in [-0.39, 0.29) is 18.2 Å². The Morgan fingerprint density at radius 1 is 1.50 bits per heavy atom. The van der Waals surface area contributed by atoms with Crippen LogP contribution in [0.5, 0.6) is 0 Å². The summed E-state index contributed by atoms with van der Waals surface area (Å²) in [7, 11) is 0. The van der Waals surface area contributed by atoms with Crippen molar-refractivity contribution in [2.24, 2.45) is 0 Å². The molecule has 0 aliphatic heterocycles. The van der Waals surface area contributed by atoms with Gasteiger partial charge in [0.1, 0.15) is 11.3 Å². The molecule has 1 atom stereocenters. The highest BCUT2D eigenvalue weighted by Gasteiger charge is 2.42. The molecule has 0 aromatic carbocycles. The van der Waals surface area contributed by atoms with E-state index in [0.717, 1.165) is 31.6 Å². The zero-order valence-corrected chi connectivity index (χ0v) is 10.3. The largest absolute Gasteiger partial charge is 0.467 e. The lowest BCUT2D eigenvalue weighted by Crippen LogP contribution is -2.50. The summed E-state index contributed by atoms with van der Waals surface area (Å²) in [5.74, 6) is 1.04. The molecule has 1 heterocycles. The van der Waals surface area contributed by atoms with Crippen molar-refractivity contribution in [3.8, 4) is 0 Å². The summed E-state index contributed by atoms with van der Waals surface area (Å²) in [5, 5.41) is 3.31. The predicted molar refractivity (Wildman–Crippen MR) is 64.8 cm³/mol. The molecular formula is C12H18ClNO2. The lowest BCUT2D eigenvalue weighted by atomic mass is 9.78. The van der Waals surface area contributed by atoms with Crippen molar-refractivity contribution in [2.45, 2.75) is 38.1 Å². The van der Waals surface area contributed by atoms with E-state index in [0.29, 0.717) is 6.42 Å². The van der Waals surface area contributed by atoms with E-state index in [1.807, 2.05) is 19.1 Å². The highest BCUT2D eigenvalue weighted by atomic mass is 35.5. The fourth-order valence-electron chi connectivity index (χ4n) is 2.39. The predicted octanol–water partition coefficient (Wildman–Crippen LogP) is 2.65. The molecule has 0 spiro atoms. The molecule has 1 aliphatic carbocycles. The van der Waals surface area contributed by atoms with E-state index in [9.17, 15) is 4.79 Å². The number of halogens is 1. The summed E-state index contributed by atoms with van der Waals surface area (Å²) in [4.78, 5) is 12.1. The van der Waals surface area contributed by atoms with Crippen molar-refractivity contribution in [3.05, 3.63) is 24.2 Å². The Bertz CT molecular complexity index is 333. The zero-order chi connectivity index (χ0) is 10.7. The van der Waals surface area contributed by atoms with E-state index in [1.54, 1.807) is 6.26 Å². The van der Waals surface area contributed by atoms with Gasteiger partial charge in [0.25, 0.3) is 0 Å². The van der Waals surface area contributed by atoms with Crippen molar-refractivity contribution in [1.82, 2.24) is 5.32 Å². The van der Waals surface area contributed by atoms with Crippen molar-refractivity contribution < 1.29 is 9.21 Å². The Hall–Kier alpha value is -0.800. The summed E-state index contributed by atoms with van der Waals surface area (Å²) in [6.45, 7) is 2.80. The normalized spacial score (nSPS) is 25.2. The summed E-state index contributed by atoms with van der Waals surface area (Å²) < 4.78 is 5.42. The number of Topliss-reactive ketones (excluding diaryl/α,β-unsaturated/α-hetero) is 1. The Balaban J connectivity index is 0.00000128. The van der Waals surface area contributed by atoms with E-state index in [1.165, 1.54) is 0 Å². The van der Waals surface area contributed by atoms with Crippen molar-refractivity contribution in [2.75, 3.05) is 6.54 Å². The minimum absolute atomic E-state index is 0. The minimum atomic E-state index is -0.545. The van der Waals surface area contributed by atoms with E-state index >= 15 is 0 Å². The Labute approximate surface area is 102 Å². The monoisotopic (exact) mass is 243 g/mol. The third-order valence-electron chi connectivity index (χ3n) is 3.10. The molecule has 1 aromatic rings. The van der Waals surface area contributed by atoms with Gasteiger partial charge in [0, 0.05) is 6.42 Å². The second-order valence-electron chi connectivity index (χ2n) is 4.04. The highest BCUT2D eigenvalue weighted by Crippen LogP contribution is 2.34. The van der Waals surface area contributed by atoms with E-state index in [2.05, 4.69) is 5.32 Å². The Morgan fingerprint density at radius 3 is 2.88 bits per heavy atom. The standard InChI is InChI=1S/C12H17NO2.ClH/c1-2-13-12(11-7-5-9-15-11)8-4-3-6-10(12)14;/h5,7,9,13H,2-4,6,8H2,1H3;1H.